The quantitative estimate of drug-likeness (QED) is 0.345. The van der Waals surface area contributed by atoms with Crippen LogP contribution in [0.15, 0.2) is 39.5 Å². The Labute approximate surface area is 240 Å². The van der Waals surface area contributed by atoms with Crippen molar-refractivity contribution in [1.29, 1.82) is 0 Å². The molecule has 2 aromatic carbocycles. The Kier molecular flexibility index (Phi) is 11.3. The smallest absolute Gasteiger partial charge is 0.373 e. The molecule has 0 bridgehead atoms. The largest absolute Gasteiger partial charge is 0.508 e. The summed E-state index contributed by atoms with van der Waals surface area (Å²) in [7, 11) is 0. The summed E-state index contributed by atoms with van der Waals surface area (Å²) in [6.45, 7) is 28.0. The first-order valence-electron chi connectivity index (χ1n) is 13.9. The number of phenolic OH excluding ortho intramolecular Hbond substituents is 1. The SMILES string of the molecule is CC(C)(C)c1cc(O)cc(C(C)(C)C)c1.CCCc1nc2cc(C(C)(C)C)cc(C(C)(C)C)c2oc1=O.O=C=O. The molecule has 0 saturated carbocycles. The zero-order valence-corrected chi connectivity index (χ0v) is 26.8. The third-order valence-corrected chi connectivity index (χ3v) is 6.57. The van der Waals surface area contributed by atoms with Crippen molar-refractivity contribution in [3.8, 4) is 5.75 Å². The van der Waals surface area contributed by atoms with Gasteiger partial charge < -0.3 is 9.52 Å². The van der Waals surface area contributed by atoms with Gasteiger partial charge in [-0.1, -0.05) is 109 Å². The minimum atomic E-state index is -0.302. The Morgan fingerprint density at radius 3 is 1.52 bits per heavy atom. The maximum atomic E-state index is 12.2. The Hall–Kier alpha value is -3.24. The van der Waals surface area contributed by atoms with Crippen LogP contribution in [0.2, 0.25) is 0 Å². The molecule has 0 saturated heterocycles. The molecule has 0 radical (unpaired) electrons. The Morgan fingerprint density at radius 2 is 1.15 bits per heavy atom. The lowest BCUT2D eigenvalue weighted by atomic mass is 9.80. The van der Waals surface area contributed by atoms with Gasteiger partial charge in [-0.2, -0.15) is 9.59 Å². The number of benzene rings is 2. The number of aromatic hydroxyl groups is 1. The van der Waals surface area contributed by atoms with E-state index >= 15 is 0 Å². The number of rotatable bonds is 2. The predicted octanol–water partition coefficient (Wildman–Crippen LogP) is 8.14. The lowest BCUT2D eigenvalue weighted by Gasteiger charge is -2.25. The van der Waals surface area contributed by atoms with Crippen molar-refractivity contribution in [2.45, 2.75) is 125 Å². The zero-order valence-electron chi connectivity index (χ0n) is 26.8. The van der Waals surface area contributed by atoms with Crippen LogP contribution in [0.1, 0.15) is 124 Å². The fraction of sp³-hybridized carbons (Fsp3) is 0.559. The molecule has 0 aliphatic carbocycles. The molecule has 0 fully saturated rings. The van der Waals surface area contributed by atoms with E-state index in [4.69, 9.17) is 14.0 Å². The average molecular weight is 552 g/mol. The standard InChI is InChI=1S/C19H27NO2.C14H22O.CO2/c1-8-9-14-17(21)22-16-13(19(5,6)7)10-12(18(2,3)4)11-15(16)20-14;1-13(2,3)10-7-11(14(4,5)6)9-12(15)8-10;2-1-3/h10-11H,8-9H2,1-7H3;7-9,15H,1-6H3;. The van der Waals surface area contributed by atoms with Crippen molar-refractivity contribution in [3.63, 3.8) is 0 Å². The molecule has 1 aromatic heterocycles. The normalized spacial score (nSPS) is 12.1. The van der Waals surface area contributed by atoms with E-state index in [0.717, 1.165) is 17.5 Å². The van der Waals surface area contributed by atoms with Crippen molar-refractivity contribution in [3.05, 3.63) is 68.7 Å². The van der Waals surface area contributed by atoms with Crippen LogP contribution in [-0.4, -0.2) is 16.2 Å². The molecule has 0 atom stereocenters. The van der Waals surface area contributed by atoms with E-state index < -0.39 is 0 Å². The first-order chi connectivity index (χ1) is 18.1. The molecule has 3 rings (SSSR count). The Balaban J connectivity index is 0.000000386. The maximum absolute atomic E-state index is 12.2. The van der Waals surface area contributed by atoms with Crippen LogP contribution in [0.3, 0.4) is 0 Å². The molecule has 1 heterocycles. The van der Waals surface area contributed by atoms with Gasteiger partial charge in [-0.25, -0.2) is 9.78 Å². The highest BCUT2D eigenvalue weighted by Gasteiger charge is 2.25. The third-order valence-electron chi connectivity index (χ3n) is 6.57. The maximum Gasteiger partial charge on any atom is 0.373 e. The highest BCUT2D eigenvalue weighted by molar-refractivity contribution is 5.78. The van der Waals surface area contributed by atoms with Gasteiger partial charge in [-0.3, -0.25) is 0 Å². The average Bonchev–Trinajstić information content (AvgIpc) is 2.77. The van der Waals surface area contributed by atoms with Crippen LogP contribution in [0.5, 0.6) is 5.75 Å². The number of fused-ring (bicyclic) bond motifs is 1. The third kappa shape index (κ3) is 9.75. The van der Waals surface area contributed by atoms with E-state index in [1.165, 1.54) is 16.7 Å². The second kappa shape index (κ2) is 13.0. The van der Waals surface area contributed by atoms with Crippen LogP contribution in [-0.2, 0) is 37.7 Å². The van der Waals surface area contributed by atoms with Gasteiger partial charge in [0.05, 0.1) is 0 Å². The number of nitrogens with zero attached hydrogens (tertiary/aromatic N) is 1. The topological polar surface area (TPSA) is 97.5 Å². The fourth-order valence-corrected chi connectivity index (χ4v) is 4.01. The van der Waals surface area contributed by atoms with Gasteiger partial charge in [-0.15, -0.1) is 0 Å². The van der Waals surface area contributed by atoms with Crippen molar-refractivity contribution >= 4 is 17.3 Å². The zero-order chi connectivity index (χ0) is 31.3. The second-order valence-electron chi connectivity index (χ2n) is 14.4. The van der Waals surface area contributed by atoms with Crippen molar-refractivity contribution < 1.29 is 19.1 Å². The van der Waals surface area contributed by atoms with Gasteiger partial charge in [0.15, 0.2) is 5.58 Å². The Bertz CT molecular complexity index is 1350. The molecule has 220 valence electrons. The second-order valence-corrected chi connectivity index (χ2v) is 14.4. The summed E-state index contributed by atoms with van der Waals surface area (Å²) in [5.41, 5.74) is 6.36. The highest BCUT2D eigenvalue weighted by atomic mass is 16.4. The molecular weight excluding hydrogens is 502 g/mol. The molecular formula is C34H49NO5. The summed E-state index contributed by atoms with van der Waals surface area (Å²) in [4.78, 5) is 33.0. The van der Waals surface area contributed by atoms with Crippen LogP contribution in [0.25, 0.3) is 11.1 Å². The number of aromatic nitrogens is 1. The van der Waals surface area contributed by atoms with Crippen LogP contribution < -0.4 is 5.63 Å². The lowest BCUT2D eigenvalue weighted by Crippen LogP contribution is -2.19. The molecule has 0 amide bonds. The lowest BCUT2D eigenvalue weighted by molar-refractivity contribution is -0.191. The van der Waals surface area contributed by atoms with Crippen LogP contribution in [0, 0.1) is 0 Å². The number of phenols is 1. The van der Waals surface area contributed by atoms with E-state index in [1.807, 2.05) is 19.1 Å². The van der Waals surface area contributed by atoms with Gasteiger partial charge in [0.1, 0.15) is 17.0 Å². The Morgan fingerprint density at radius 1 is 0.725 bits per heavy atom. The highest BCUT2D eigenvalue weighted by Crippen LogP contribution is 2.34. The molecule has 0 aliphatic heterocycles. The van der Waals surface area contributed by atoms with Crippen molar-refractivity contribution in [1.82, 2.24) is 4.98 Å². The molecule has 1 N–H and O–H groups in total. The first kappa shape index (κ1) is 34.8. The summed E-state index contributed by atoms with van der Waals surface area (Å²) in [6, 6.07) is 10.1. The number of hydrogen-bond donors (Lipinski definition) is 1. The molecule has 40 heavy (non-hydrogen) atoms. The number of carbonyl (C=O) groups excluding carboxylic acids is 2. The van der Waals surface area contributed by atoms with Gasteiger partial charge >= 0.3 is 11.8 Å². The van der Waals surface area contributed by atoms with E-state index in [1.54, 1.807) is 0 Å². The molecule has 0 spiro atoms. The monoisotopic (exact) mass is 551 g/mol. The van der Waals surface area contributed by atoms with Crippen LogP contribution in [0.4, 0.5) is 0 Å². The molecule has 0 unspecified atom stereocenters. The molecule has 3 aromatic rings. The van der Waals surface area contributed by atoms with E-state index in [9.17, 15) is 9.90 Å². The predicted molar refractivity (Wildman–Crippen MR) is 162 cm³/mol. The molecule has 0 aliphatic rings. The van der Waals surface area contributed by atoms with Gasteiger partial charge in [0, 0.05) is 5.56 Å². The van der Waals surface area contributed by atoms with E-state index in [-0.39, 0.29) is 33.4 Å². The molecule has 6 nitrogen and oxygen atoms in total. The van der Waals surface area contributed by atoms with E-state index in [2.05, 4.69) is 106 Å². The van der Waals surface area contributed by atoms with Crippen molar-refractivity contribution in [2.75, 3.05) is 0 Å². The van der Waals surface area contributed by atoms with E-state index in [0.29, 0.717) is 23.4 Å². The van der Waals surface area contributed by atoms with Gasteiger partial charge in [0.25, 0.3) is 0 Å². The number of hydrogen-bond acceptors (Lipinski definition) is 6. The van der Waals surface area contributed by atoms with Crippen LogP contribution >= 0.6 is 0 Å². The molecule has 6 heteroatoms. The first-order valence-corrected chi connectivity index (χ1v) is 13.9. The fourth-order valence-electron chi connectivity index (χ4n) is 4.01. The minimum Gasteiger partial charge on any atom is -0.508 e. The van der Waals surface area contributed by atoms with Gasteiger partial charge in [-0.05, 0) is 63.0 Å². The summed E-state index contributed by atoms with van der Waals surface area (Å²) >= 11 is 0. The summed E-state index contributed by atoms with van der Waals surface area (Å²) < 4.78 is 5.65. The van der Waals surface area contributed by atoms with Gasteiger partial charge in [0.2, 0.25) is 0 Å². The summed E-state index contributed by atoms with van der Waals surface area (Å²) in [5, 5.41) is 9.72. The number of aryl methyl sites for hydroxylation is 1. The summed E-state index contributed by atoms with van der Waals surface area (Å²) in [6.07, 6.45) is 1.79. The summed E-state index contributed by atoms with van der Waals surface area (Å²) in [5.74, 6) is 0.368. The minimum absolute atomic E-state index is 0.0247. The van der Waals surface area contributed by atoms with Crippen molar-refractivity contribution in [2.24, 2.45) is 0 Å².